The highest BCUT2D eigenvalue weighted by Crippen LogP contribution is 2.23. The molecule has 0 saturated carbocycles. The molecule has 0 spiro atoms. The van der Waals surface area contributed by atoms with Crippen LogP contribution in [-0.2, 0) is 9.47 Å². The predicted octanol–water partition coefficient (Wildman–Crippen LogP) is 5.58. The first-order valence-corrected chi connectivity index (χ1v) is 9.47. The van der Waals surface area contributed by atoms with E-state index in [1.54, 1.807) is 72.0 Å². The number of nitrogens with zero attached hydrogens (tertiary/aromatic N) is 2. The molecule has 0 aliphatic rings. The van der Waals surface area contributed by atoms with E-state index in [-0.39, 0.29) is 5.82 Å². The Hall–Kier alpha value is -2.80. The number of anilines is 1. The lowest BCUT2D eigenvalue weighted by atomic mass is 10.1. The largest absolute Gasteiger partial charge is 0.443 e. The Morgan fingerprint density at radius 3 is 1.93 bits per heavy atom. The maximum Gasteiger partial charge on any atom is 0.435 e. The molecule has 0 radical (unpaired) electrons. The van der Waals surface area contributed by atoms with E-state index in [1.807, 2.05) is 12.1 Å². The van der Waals surface area contributed by atoms with Crippen molar-refractivity contribution in [3.8, 4) is 11.1 Å². The second kappa shape index (κ2) is 8.69. The molecule has 0 unspecified atom stereocenters. The number of pyridine rings is 1. The van der Waals surface area contributed by atoms with Crippen molar-refractivity contribution < 1.29 is 19.1 Å². The molecule has 0 bridgehead atoms. The lowest BCUT2D eigenvalue weighted by Crippen LogP contribution is -2.50. The highest BCUT2D eigenvalue weighted by atomic mass is 35.5. The maximum atomic E-state index is 12.6. The molecule has 29 heavy (non-hydrogen) atoms. The topological polar surface area (TPSA) is 80.8 Å². The minimum absolute atomic E-state index is 0.183. The zero-order chi connectivity index (χ0) is 21.8. The monoisotopic (exact) mass is 419 g/mol. The van der Waals surface area contributed by atoms with E-state index >= 15 is 0 Å². The SMILES string of the molecule is CC(C)(C)OC(=O)NN(C(=O)OC(C)(C)C)c1ccc(-c2ccc(Cl)cc2)cn1. The van der Waals surface area contributed by atoms with Gasteiger partial charge in [-0.2, -0.15) is 5.01 Å². The van der Waals surface area contributed by atoms with Gasteiger partial charge in [0.05, 0.1) is 0 Å². The van der Waals surface area contributed by atoms with Crippen LogP contribution in [0.5, 0.6) is 0 Å². The molecule has 1 aromatic heterocycles. The number of aromatic nitrogens is 1. The average molecular weight is 420 g/mol. The van der Waals surface area contributed by atoms with Gasteiger partial charge >= 0.3 is 12.2 Å². The maximum absolute atomic E-state index is 12.6. The first-order valence-electron chi connectivity index (χ1n) is 9.09. The Labute approximate surface area is 175 Å². The smallest absolute Gasteiger partial charge is 0.435 e. The van der Waals surface area contributed by atoms with Gasteiger partial charge in [0, 0.05) is 16.8 Å². The summed E-state index contributed by atoms with van der Waals surface area (Å²) in [4.78, 5) is 29.1. The van der Waals surface area contributed by atoms with E-state index < -0.39 is 23.4 Å². The molecular weight excluding hydrogens is 394 g/mol. The summed E-state index contributed by atoms with van der Waals surface area (Å²) in [5, 5.41) is 1.56. The number of nitrogens with one attached hydrogen (secondary N) is 1. The fraction of sp³-hybridized carbons (Fsp3) is 0.381. The molecule has 2 aromatic rings. The normalized spacial score (nSPS) is 11.6. The van der Waals surface area contributed by atoms with Crippen molar-refractivity contribution in [2.45, 2.75) is 52.7 Å². The van der Waals surface area contributed by atoms with Crippen LogP contribution in [0.4, 0.5) is 15.4 Å². The Morgan fingerprint density at radius 2 is 1.45 bits per heavy atom. The Morgan fingerprint density at radius 1 is 0.897 bits per heavy atom. The summed E-state index contributed by atoms with van der Waals surface area (Å²) in [6.07, 6.45) is 0.00855. The zero-order valence-corrected chi connectivity index (χ0v) is 18.2. The van der Waals surface area contributed by atoms with Crippen LogP contribution in [0.1, 0.15) is 41.5 Å². The molecule has 1 heterocycles. The minimum atomic E-state index is -0.799. The molecule has 1 N–H and O–H groups in total. The first kappa shape index (κ1) is 22.5. The summed E-state index contributed by atoms with van der Waals surface area (Å²) < 4.78 is 10.6. The molecular formula is C21H26ClN3O4. The summed E-state index contributed by atoms with van der Waals surface area (Å²) in [6, 6.07) is 10.7. The Balaban J connectivity index is 2.28. The van der Waals surface area contributed by atoms with Crippen molar-refractivity contribution in [1.29, 1.82) is 0 Å². The average Bonchev–Trinajstić information content (AvgIpc) is 2.57. The van der Waals surface area contributed by atoms with E-state index in [4.69, 9.17) is 21.1 Å². The van der Waals surface area contributed by atoms with Gasteiger partial charge in [0.15, 0.2) is 5.82 Å². The van der Waals surface area contributed by atoms with Crippen LogP contribution in [0.15, 0.2) is 42.6 Å². The summed E-state index contributed by atoms with van der Waals surface area (Å²) in [5.41, 5.74) is 2.65. The van der Waals surface area contributed by atoms with Gasteiger partial charge in [0.1, 0.15) is 11.2 Å². The zero-order valence-electron chi connectivity index (χ0n) is 17.4. The summed E-state index contributed by atoms with van der Waals surface area (Å²) in [6.45, 7) is 10.4. The molecule has 1 aromatic carbocycles. The number of rotatable bonds is 2. The van der Waals surface area contributed by atoms with Crippen LogP contribution >= 0.6 is 11.6 Å². The molecule has 0 saturated heterocycles. The lowest BCUT2D eigenvalue weighted by molar-refractivity contribution is 0.0424. The van der Waals surface area contributed by atoms with E-state index in [2.05, 4.69) is 10.4 Å². The highest BCUT2D eigenvalue weighted by Gasteiger charge is 2.28. The van der Waals surface area contributed by atoms with E-state index in [0.717, 1.165) is 16.1 Å². The van der Waals surface area contributed by atoms with Crippen LogP contribution in [0, 0.1) is 0 Å². The van der Waals surface area contributed by atoms with Gasteiger partial charge in [-0.05, 0) is 71.4 Å². The quantitative estimate of drug-likeness (QED) is 0.642. The third-order valence-corrected chi connectivity index (χ3v) is 3.58. The van der Waals surface area contributed by atoms with Crippen molar-refractivity contribution >= 4 is 29.6 Å². The van der Waals surface area contributed by atoms with Gasteiger partial charge in [-0.15, -0.1) is 0 Å². The van der Waals surface area contributed by atoms with Gasteiger partial charge < -0.3 is 9.47 Å². The summed E-state index contributed by atoms with van der Waals surface area (Å²) >= 11 is 5.92. The molecule has 2 amide bonds. The lowest BCUT2D eigenvalue weighted by Gasteiger charge is -2.28. The van der Waals surface area contributed by atoms with Crippen molar-refractivity contribution in [2.75, 3.05) is 5.01 Å². The van der Waals surface area contributed by atoms with Crippen molar-refractivity contribution in [3.63, 3.8) is 0 Å². The predicted molar refractivity (Wildman–Crippen MR) is 113 cm³/mol. The number of halogens is 1. The minimum Gasteiger partial charge on any atom is -0.443 e. The standard InChI is InChI=1S/C21H26ClN3O4/c1-20(2,3)28-18(26)24-25(19(27)29-21(4,5)6)17-12-9-15(13-23-17)14-7-10-16(22)11-8-14/h7-13H,1-6H3,(H,24,26). The Bertz CT molecular complexity index is 853. The number of benzene rings is 1. The number of carbonyl (C=O) groups is 2. The third kappa shape index (κ3) is 7.27. The van der Waals surface area contributed by atoms with Crippen molar-refractivity contribution in [1.82, 2.24) is 10.4 Å². The molecule has 8 heteroatoms. The molecule has 7 nitrogen and oxygen atoms in total. The third-order valence-electron chi connectivity index (χ3n) is 3.33. The van der Waals surface area contributed by atoms with Gasteiger partial charge in [0.2, 0.25) is 0 Å². The van der Waals surface area contributed by atoms with Crippen LogP contribution in [0.2, 0.25) is 5.02 Å². The molecule has 0 atom stereocenters. The number of amides is 2. The van der Waals surface area contributed by atoms with E-state index in [0.29, 0.717) is 5.02 Å². The van der Waals surface area contributed by atoms with Gasteiger partial charge in [0.25, 0.3) is 0 Å². The van der Waals surface area contributed by atoms with E-state index in [9.17, 15) is 9.59 Å². The first-order chi connectivity index (χ1) is 13.3. The molecule has 0 aliphatic carbocycles. The molecule has 156 valence electrons. The van der Waals surface area contributed by atoms with Crippen LogP contribution in [-0.4, -0.2) is 28.4 Å². The molecule has 0 aliphatic heterocycles. The number of hydrogen-bond donors (Lipinski definition) is 1. The van der Waals surface area contributed by atoms with Crippen LogP contribution < -0.4 is 10.4 Å². The number of ether oxygens (including phenoxy) is 2. The van der Waals surface area contributed by atoms with Crippen LogP contribution in [0.25, 0.3) is 11.1 Å². The van der Waals surface area contributed by atoms with Crippen molar-refractivity contribution in [2.24, 2.45) is 0 Å². The molecule has 2 rings (SSSR count). The van der Waals surface area contributed by atoms with Gasteiger partial charge in [-0.1, -0.05) is 23.7 Å². The fourth-order valence-corrected chi connectivity index (χ4v) is 2.35. The van der Waals surface area contributed by atoms with Crippen molar-refractivity contribution in [3.05, 3.63) is 47.6 Å². The van der Waals surface area contributed by atoms with Gasteiger partial charge in [-0.3, -0.25) is 0 Å². The van der Waals surface area contributed by atoms with E-state index in [1.165, 1.54) is 0 Å². The summed E-state index contributed by atoms with van der Waals surface area (Å²) in [5.74, 6) is 0.183. The molecule has 0 fully saturated rings. The fourth-order valence-electron chi connectivity index (χ4n) is 2.23. The number of hydrazine groups is 1. The van der Waals surface area contributed by atoms with Crippen LogP contribution in [0.3, 0.4) is 0 Å². The second-order valence-corrected chi connectivity index (χ2v) is 8.78. The van der Waals surface area contributed by atoms with Gasteiger partial charge in [-0.25, -0.2) is 20.0 Å². The number of carbonyl (C=O) groups excluding carboxylic acids is 2. The second-order valence-electron chi connectivity index (χ2n) is 8.34. The summed E-state index contributed by atoms with van der Waals surface area (Å²) in [7, 11) is 0. The number of hydrogen-bond acceptors (Lipinski definition) is 5. The Kier molecular flexibility index (Phi) is 6.74. The highest BCUT2D eigenvalue weighted by molar-refractivity contribution is 6.30.